The van der Waals surface area contributed by atoms with E-state index >= 15 is 0 Å². The SMILES string of the molecule is O=C(O)CC1CCN(Cc2occc2Br)CC1. The quantitative estimate of drug-likeness (QED) is 0.929. The number of carbonyl (C=O) groups is 1. The third kappa shape index (κ3) is 3.57. The molecule has 94 valence electrons. The van der Waals surface area contributed by atoms with Crippen LogP contribution in [0.15, 0.2) is 21.2 Å². The molecule has 0 aliphatic carbocycles. The molecule has 1 saturated heterocycles. The number of hydrogen-bond donors (Lipinski definition) is 1. The highest BCUT2D eigenvalue weighted by molar-refractivity contribution is 9.10. The van der Waals surface area contributed by atoms with Crippen LogP contribution < -0.4 is 0 Å². The van der Waals surface area contributed by atoms with Crippen LogP contribution in [0.5, 0.6) is 0 Å². The van der Waals surface area contributed by atoms with E-state index in [1.807, 2.05) is 6.07 Å². The van der Waals surface area contributed by atoms with Crippen molar-refractivity contribution in [1.29, 1.82) is 0 Å². The van der Waals surface area contributed by atoms with Crippen LogP contribution in [0.2, 0.25) is 0 Å². The van der Waals surface area contributed by atoms with Crippen LogP contribution in [0.1, 0.15) is 25.0 Å². The third-order valence-electron chi connectivity index (χ3n) is 3.23. The van der Waals surface area contributed by atoms with Gasteiger partial charge < -0.3 is 9.52 Å². The topological polar surface area (TPSA) is 53.7 Å². The number of halogens is 1. The van der Waals surface area contributed by atoms with Gasteiger partial charge in [0.15, 0.2) is 0 Å². The van der Waals surface area contributed by atoms with Crippen LogP contribution in [-0.2, 0) is 11.3 Å². The Morgan fingerprint density at radius 2 is 2.24 bits per heavy atom. The number of aliphatic carboxylic acids is 1. The Hall–Kier alpha value is -0.810. The molecule has 0 amide bonds. The van der Waals surface area contributed by atoms with E-state index in [0.29, 0.717) is 12.3 Å². The van der Waals surface area contributed by atoms with Gasteiger partial charge in [0.1, 0.15) is 5.76 Å². The van der Waals surface area contributed by atoms with Crippen molar-refractivity contribution in [3.8, 4) is 0 Å². The van der Waals surface area contributed by atoms with E-state index in [1.54, 1.807) is 6.26 Å². The summed E-state index contributed by atoms with van der Waals surface area (Å²) in [5.74, 6) is 0.600. The van der Waals surface area contributed by atoms with Gasteiger partial charge in [-0.1, -0.05) is 0 Å². The summed E-state index contributed by atoms with van der Waals surface area (Å²) < 4.78 is 6.38. The van der Waals surface area contributed by atoms with E-state index in [0.717, 1.165) is 42.7 Å². The molecule has 1 aliphatic heterocycles. The van der Waals surface area contributed by atoms with Gasteiger partial charge in [0.05, 0.1) is 17.3 Å². The molecule has 5 heteroatoms. The number of furan rings is 1. The average Bonchev–Trinajstić information content (AvgIpc) is 2.67. The Labute approximate surface area is 109 Å². The monoisotopic (exact) mass is 301 g/mol. The fraction of sp³-hybridized carbons (Fsp3) is 0.583. The molecule has 4 nitrogen and oxygen atoms in total. The number of carboxylic acid groups (broad SMARTS) is 1. The average molecular weight is 302 g/mol. The van der Waals surface area contributed by atoms with Gasteiger partial charge in [-0.05, 0) is 53.8 Å². The lowest BCUT2D eigenvalue weighted by Crippen LogP contribution is -2.33. The third-order valence-corrected chi connectivity index (χ3v) is 3.94. The number of piperidine rings is 1. The summed E-state index contributed by atoms with van der Waals surface area (Å²) >= 11 is 3.44. The summed E-state index contributed by atoms with van der Waals surface area (Å²) in [7, 11) is 0. The van der Waals surface area contributed by atoms with Crippen molar-refractivity contribution in [1.82, 2.24) is 4.90 Å². The predicted octanol–water partition coefficient (Wildman–Crippen LogP) is 2.73. The number of likely N-dealkylation sites (tertiary alicyclic amines) is 1. The zero-order valence-corrected chi connectivity index (χ0v) is 11.1. The summed E-state index contributed by atoms with van der Waals surface area (Å²) in [6.45, 7) is 2.70. The second-order valence-corrected chi connectivity index (χ2v) is 5.36. The number of carboxylic acids is 1. The summed E-state index contributed by atoms with van der Waals surface area (Å²) in [6, 6.07) is 1.90. The van der Waals surface area contributed by atoms with Gasteiger partial charge in [-0.2, -0.15) is 0 Å². The number of hydrogen-bond acceptors (Lipinski definition) is 3. The summed E-state index contributed by atoms with van der Waals surface area (Å²) in [5.41, 5.74) is 0. The van der Waals surface area contributed by atoms with E-state index in [-0.39, 0.29) is 0 Å². The molecule has 0 atom stereocenters. The molecule has 1 fully saturated rings. The minimum Gasteiger partial charge on any atom is -0.481 e. The van der Waals surface area contributed by atoms with E-state index in [2.05, 4.69) is 20.8 Å². The standard InChI is InChI=1S/C12H16BrNO3/c13-10-3-6-17-11(10)8-14-4-1-9(2-5-14)7-12(15)16/h3,6,9H,1-2,4-5,7-8H2,(H,15,16). The first-order valence-electron chi connectivity index (χ1n) is 5.81. The van der Waals surface area contributed by atoms with Gasteiger partial charge in [-0.25, -0.2) is 0 Å². The lowest BCUT2D eigenvalue weighted by atomic mass is 9.93. The Morgan fingerprint density at radius 3 is 2.76 bits per heavy atom. The molecular weight excluding hydrogens is 286 g/mol. The van der Waals surface area contributed by atoms with Gasteiger partial charge in [0.2, 0.25) is 0 Å². The number of nitrogens with zero attached hydrogens (tertiary/aromatic N) is 1. The molecule has 0 aromatic carbocycles. The highest BCUT2D eigenvalue weighted by Gasteiger charge is 2.22. The van der Waals surface area contributed by atoms with Crippen LogP contribution in [0.25, 0.3) is 0 Å². The summed E-state index contributed by atoms with van der Waals surface area (Å²) in [5, 5.41) is 8.74. The smallest absolute Gasteiger partial charge is 0.303 e. The highest BCUT2D eigenvalue weighted by atomic mass is 79.9. The zero-order valence-electron chi connectivity index (χ0n) is 9.56. The minimum absolute atomic E-state index is 0.304. The van der Waals surface area contributed by atoms with Crippen molar-refractivity contribution in [3.05, 3.63) is 22.6 Å². The molecule has 1 aromatic rings. The van der Waals surface area contributed by atoms with E-state index < -0.39 is 5.97 Å². The maximum Gasteiger partial charge on any atom is 0.303 e. The second kappa shape index (κ2) is 5.69. The zero-order chi connectivity index (χ0) is 12.3. The first-order valence-corrected chi connectivity index (χ1v) is 6.60. The molecule has 0 unspecified atom stereocenters. The van der Waals surface area contributed by atoms with Crippen LogP contribution in [-0.4, -0.2) is 29.1 Å². The van der Waals surface area contributed by atoms with Crippen molar-refractivity contribution in [3.63, 3.8) is 0 Å². The maximum atomic E-state index is 10.6. The van der Waals surface area contributed by atoms with Gasteiger partial charge >= 0.3 is 5.97 Å². The van der Waals surface area contributed by atoms with Crippen LogP contribution in [0.3, 0.4) is 0 Å². The molecule has 0 bridgehead atoms. The van der Waals surface area contributed by atoms with Gasteiger partial charge in [0, 0.05) is 6.42 Å². The second-order valence-electron chi connectivity index (χ2n) is 4.51. The van der Waals surface area contributed by atoms with E-state index in [4.69, 9.17) is 9.52 Å². The maximum absolute atomic E-state index is 10.6. The molecule has 0 spiro atoms. The number of rotatable bonds is 4. The van der Waals surface area contributed by atoms with Crippen molar-refractivity contribution in [2.75, 3.05) is 13.1 Å². The molecule has 1 N–H and O–H groups in total. The van der Waals surface area contributed by atoms with Crippen molar-refractivity contribution in [2.24, 2.45) is 5.92 Å². The molecule has 1 aliphatic rings. The van der Waals surface area contributed by atoms with E-state index in [9.17, 15) is 4.79 Å². The lowest BCUT2D eigenvalue weighted by Gasteiger charge is -2.30. The van der Waals surface area contributed by atoms with Crippen molar-refractivity contribution < 1.29 is 14.3 Å². The summed E-state index contributed by atoms with van der Waals surface area (Å²) in [6.07, 6.45) is 3.91. The summed E-state index contributed by atoms with van der Waals surface area (Å²) in [4.78, 5) is 12.9. The van der Waals surface area contributed by atoms with Crippen molar-refractivity contribution in [2.45, 2.75) is 25.8 Å². The first-order chi connectivity index (χ1) is 8.15. The van der Waals surface area contributed by atoms with Gasteiger partial charge in [0.25, 0.3) is 0 Å². The first kappa shape index (κ1) is 12.6. The van der Waals surface area contributed by atoms with Gasteiger partial charge in [-0.15, -0.1) is 0 Å². The largest absolute Gasteiger partial charge is 0.481 e. The van der Waals surface area contributed by atoms with Crippen LogP contribution >= 0.6 is 15.9 Å². The van der Waals surface area contributed by atoms with Crippen molar-refractivity contribution >= 4 is 21.9 Å². The Bertz CT molecular complexity index is 383. The van der Waals surface area contributed by atoms with E-state index in [1.165, 1.54) is 0 Å². The molecule has 2 heterocycles. The fourth-order valence-electron chi connectivity index (χ4n) is 2.24. The molecule has 2 rings (SSSR count). The Morgan fingerprint density at radius 1 is 1.53 bits per heavy atom. The molecule has 1 aromatic heterocycles. The van der Waals surface area contributed by atoms with Crippen LogP contribution in [0, 0.1) is 5.92 Å². The lowest BCUT2D eigenvalue weighted by molar-refractivity contribution is -0.138. The minimum atomic E-state index is -0.683. The predicted molar refractivity (Wildman–Crippen MR) is 66.7 cm³/mol. The normalized spacial score (nSPS) is 18.4. The molecule has 0 radical (unpaired) electrons. The van der Waals surface area contributed by atoms with Crippen LogP contribution in [0.4, 0.5) is 0 Å². The Balaban J connectivity index is 1.79. The molecule has 0 saturated carbocycles. The molecular formula is C12H16BrNO3. The fourth-order valence-corrected chi connectivity index (χ4v) is 2.56. The highest BCUT2D eigenvalue weighted by Crippen LogP contribution is 2.24. The van der Waals surface area contributed by atoms with Gasteiger partial charge in [-0.3, -0.25) is 9.69 Å². The molecule has 17 heavy (non-hydrogen) atoms. The Kier molecular flexibility index (Phi) is 4.23.